The first-order chi connectivity index (χ1) is 43.9. The van der Waals surface area contributed by atoms with Gasteiger partial charge in [0.15, 0.2) is 0 Å². The second kappa shape index (κ2) is 27.6. The Kier molecular flexibility index (Phi) is 20.3. The maximum Gasteiger partial charge on any atom is 0.410 e. The van der Waals surface area contributed by atoms with E-state index in [9.17, 15) is 59.9 Å². The number of aliphatic hydroxyl groups excluding tert-OH is 2. The molecule has 2 saturated heterocycles. The highest BCUT2D eigenvalue weighted by molar-refractivity contribution is 7.92. The third kappa shape index (κ3) is 14.8. The van der Waals surface area contributed by atoms with Gasteiger partial charge < -0.3 is 46.0 Å². The Morgan fingerprint density at radius 2 is 1.08 bits per heavy atom. The van der Waals surface area contributed by atoms with Crippen LogP contribution < -0.4 is 30.7 Å². The number of allylic oxidation sites excluding steroid dienone is 2. The number of anilines is 2. The average molecular weight is 1310 g/mol. The van der Waals surface area contributed by atoms with Crippen molar-refractivity contribution in [1.29, 1.82) is 0 Å². The predicted molar refractivity (Wildman–Crippen MR) is 340 cm³/mol. The van der Waals surface area contributed by atoms with Gasteiger partial charge in [0.1, 0.15) is 47.2 Å². The number of para-hydroxylation sites is 2. The van der Waals surface area contributed by atoms with Gasteiger partial charge in [-0.05, 0) is 127 Å². The summed E-state index contributed by atoms with van der Waals surface area (Å²) in [6, 6.07) is 20.0. The molecular formula is C66H86FN9O14S2. The van der Waals surface area contributed by atoms with Crippen LogP contribution in [-0.2, 0) is 66.6 Å². The molecule has 498 valence electrons. The average Bonchev–Trinajstić information content (AvgIpc) is 1.57. The number of ether oxygens (including phenoxy) is 1. The van der Waals surface area contributed by atoms with Gasteiger partial charge in [-0.3, -0.25) is 43.1 Å². The lowest BCUT2D eigenvalue weighted by atomic mass is 10.0. The molecule has 0 bridgehead atoms. The maximum absolute atomic E-state index is 14.4. The number of nitrogens with zero attached hydrogens (tertiary/aromatic N) is 3. The summed E-state index contributed by atoms with van der Waals surface area (Å²) in [6.07, 6.45) is 15.2. The van der Waals surface area contributed by atoms with E-state index in [-0.39, 0.29) is 69.6 Å². The number of amides is 7. The summed E-state index contributed by atoms with van der Waals surface area (Å²) < 4.78 is 74.5. The zero-order chi connectivity index (χ0) is 65.8. The van der Waals surface area contributed by atoms with Crippen molar-refractivity contribution in [2.24, 2.45) is 11.8 Å². The molecule has 4 aliphatic carbocycles. The van der Waals surface area contributed by atoms with E-state index in [4.69, 9.17) is 9.84 Å². The van der Waals surface area contributed by atoms with Gasteiger partial charge in [-0.1, -0.05) is 98.5 Å². The number of rotatable bonds is 11. The van der Waals surface area contributed by atoms with E-state index in [0.717, 1.165) is 69.9 Å². The standard InChI is InChI=1S/C37H44FN5O7S.C28H38N4O6S.CH4O/c1-36(17-18-36)51(48,49)41-34(46)37-20-25(37)12-6-3-2-4-9-16-30(39-26-13-7-5-8-14-26)33(45)43-22-27(19-31(43)32(44)40-37)50-35(47)42-21-24-11-10-15-29(38)28(24)23-42;1-27(14-15-27)39(37,38)31-26(36)28-17-19(28)10-6-3-2-4-9-13-22(29-20-11-7-5-8-12-20)25(35)32-18-21(33)16-23(32)24(34)30-28;1-2/h5-8,10-15,25,27,30-31,39H,2-4,9,16-23H2,1H3,(H,40,44)(H,41,46);5-8,10-12,19,21-23,29,33H,2-4,9,13-18H2,1H3,(H,30,34)(H,31,36);2H,1H3/b12-6-;10-6-;/t25-,27-,30+,31+,37-;19-,21-,22+,23+,28-;/m11./s1. The van der Waals surface area contributed by atoms with Crippen LogP contribution in [0.25, 0.3) is 0 Å². The first-order valence-corrected chi connectivity index (χ1v) is 35.1. The highest BCUT2D eigenvalue weighted by Crippen LogP contribution is 2.49. The van der Waals surface area contributed by atoms with Crippen LogP contribution in [-0.4, -0.2) is 160 Å². The summed E-state index contributed by atoms with van der Waals surface area (Å²) in [5, 5.41) is 29.8. The summed E-state index contributed by atoms with van der Waals surface area (Å²) in [7, 11) is -6.87. The SMILES string of the molecule is CC1(S(=O)(=O)NC(=O)[C@@]23C[C@H]2/C=C\CCCCC[C@H](Nc2ccccc2)C(=O)N2C[C@H](O)C[C@H]2C(=O)N3)CC1.CC1(S(=O)(=O)NC(=O)[C@@]23C[C@H]2/C=C\CCCCC[C@H](Nc2ccccc2)C(=O)N2C[C@H](OC(=O)N4Cc5cccc(F)c5C4)C[C@H]2C(=O)N3)CC1.CO. The smallest absolute Gasteiger partial charge is 0.410 e. The minimum Gasteiger partial charge on any atom is -0.444 e. The molecule has 3 aromatic carbocycles. The highest BCUT2D eigenvalue weighted by Gasteiger charge is 2.65. The summed E-state index contributed by atoms with van der Waals surface area (Å²) in [6.45, 7) is 3.34. The van der Waals surface area contributed by atoms with E-state index in [2.05, 4.69) is 30.7 Å². The first-order valence-electron chi connectivity index (χ1n) is 32.1. The Morgan fingerprint density at radius 1 is 0.609 bits per heavy atom. The van der Waals surface area contributed by atoms with E-state index in [1.54, 1.807) is 26.0 Å². The molecule has 4 saturated carbocycles. The van der Waals surface area contributed by atoms with Gasteiger partial charge in [-0.25, -0.2) is 26.0 Å². The van der Waals surface area contributed by atoms with E-state index >= 15 is 0 Å². The number of sulfonamides is 2. The Hall–Kier alpha value is -7.42. The van der Waals surface area contributed by atoms with Gasteiger partial charge in [-0.15, -0.1) is 0 Å². The lowest BCUT2D eigenvalue weighted by molar-refractivity contribution is -0.140. The fraction of sp³-hybridized carbons (Fsp3) is 0.561. The van der Waals surface area contributed by atoms with Crippen molar-refractivity contribution in [2.75, 3.05) is 30.8 Å². The number of hydrogen-bond donors (Lipinski definition) is 8. The van der Waals surface area contributed by atoms with E-state index in [1.165, 1.54) is 20.8 Å². The fourth-order valence-electron chi connectivity index (χ4n) is 13.0. The summed E-state index contributed by atoms with van der Waals surface area (Å²) in [5.74, 6) is -4.56. The maximum atomic E-state index is 14.4. The molecule has 3 aromatic rings. The second-order valence-electron chi connectivity index (χ2n) is 26.4. The third-order valence-electron chi connectivity index (χ3n) is 19.6. The molecule has 5 aliphatic heterocycles. The largest absolute Gasteiger partial charge is 0.444 e. The van der Waals surface area contributed by atoms with Gasteiger partial charge in [0.25, 0.3) is 11.8 Å². The number of aliphatic hydroxyl groups is 2. The lowest BCUT2D eigenvalue weighted by Crippen LogP contribution is -2.58. The molecule has 23 nitrogen and oxygen atoms in total. The zero-order valence-corrected chi connectivity index (χ0v) is 54.0. The van der Waals surface area contributed by atoms with Crippen LogP contribution in [0.2, 0.25) is 0 Å². The number of carbonyl (C=O) groups excluding carboxylic acids is 7. The Balaban J connectivity index is 0.000000203. The minimum atomic E-state index is -3.98. The minimum absolute atomic E-state index is 0.0130. The van der Waals surface area contributed by atoms with Crippen LogP contribution in [0.1, 0.15) is 141 Å². The molecule has 7 amide bonds. The van der Waals surface area contributed by atoms with Crippen LogP contribution in [0, 0.1) is 17.7 Å². The molecule has 0 radical (unpaired) electrons. The first kappa shape index (κ1) is 67.5. The molecule has 12 rings (SSSR count). The van der Waals surface area contributed by atoms with Gasteiger partial charge in [0.05, 0.1) is 28.7 Å². The number of nitrogens with one attached hydrogen (secondary N) is 6. The quantitative estimate of drug-likeness (QED) is 0.109. The summed E-state index contributed by atoms with van der Waals surface area (Å²) in [5.41, 5.74) is -0.280. The van der Waals surface area contributed by atoms with Crippen molar-refractivity contribution < 1.29 is 69.7 Å². The molecular weight excluding hydrogens is 1230 g/mol. The zero-order valence-electron chi connectivity index (χ0n) is 52.3. The van der Waals surface area contributed by atoms with Crippen LogP contribution in [0.3, 0.4) is 0 Å². The lowest BCUT2D eigenvalue weighted by Gasteiger charge is -2.30. The van der Waals surface area contributed by atoms with Gasteiger partial charge in [-0.2, -0.15) is 0 Å². The highest BCUT2D eigenvalue weighted by atomic mass is 32.2. The normalized spacial score (nSPS) is 30.5. The molecule has 9 aliphatic rings. The van der Waals surface area contributed by atoms with Gasteiger partial charge >= 0.3 is 6.09 Å². The number of benzene rings is 3. The van der Waals surface area contributed by atoms with Crippen molar-refractivity contribution in [3.05, 3.63) is 120 Å². The van der Waals surface area contributed by atoms with Crippen LogP contribution >= 0.6 is 0 Å². The van der Waals surface area contributed by atoms with Crippen molar-refractivity contribution >= 4 is 73.0 Å². The van der Waals surface area contributed by atoms with E-state index in [0.29, 0.717) is 49.7 Å². The summed E-state index contributed by atoms with van der Waals surface area (Å²) >= 11 is 0. The molecule has 6 fully saturated rings. The molecule has 26 heteroatoms. The van der Waals surface area contributed by atoms with Crippen molar-refractivity contribution in [1.82, 2.24) is 34.8 Å². The van der Waals surface area contributed by atoms with Crippen molar-refractivity contribution in [3.8, 4) is 0 Å². The molecule has 10 atom stereocenters. The molecule has 8 N–H and O–H groups in total. The number of hydrogen-bond acceptors (Lipinski definition) is 16. The molecule has 0 unspecified atom stereocenters. The number of fused-ring (bicyclic) bond motifs is 5. The summed E-state index contributed by atoms with van der Waals surface area (Å²) in [4.78, 5) is 101. The fourth-order valence-corrected chi connectivity index (χ4v) is 15.6. The Morgan fingerprint density at radius 3 is 1.54 bits per heavy atom. The van der Waals surface area contributed by atoms with Crippen LogP contribution in [0.15, 0.2) is 103 Å². The second-order valence-corrected chi connectivity index (χ2v) is 30.8. The topological polar surface area (TPSA) is 319 Å². The van der Waals surface area contributed by atoms with E-state index in [1.807, 2.05) is 85.0 Å². The molecule has 0 spiro atoms. The molecule has 5 heterocycles. The van der Waals surface area contributed by atoms with Gasteiger partial charge in [0, 0.05) is 61.8 Å². The number of halogens is 1. The Bertz CT molecular complexity index is 3560. The van der Waals surface area contributed by atoms with Gasteiger partial charge in [0.2, 0.25) is 43.7 Å². The predicted octanol–water partition coefficient (Wildman–Crippen LogP) is 5.55. The number of carbonyl (C=O) groups is 7. The van der Waals surface area contributed by atoms with Crippen LogP contribution in [0.5, 0.6) is 0 Å². The van der Waals surface area contributed by atoms with E-state index < -0.39 is 118 Å². The molecule has 92 heavy (non-hydrogen) atoms. The van der Waals surface area contributed by atoms with Crippen LogP contribution in [0.4, 0.5) is 20.6 Å². The third-order valence-corrected chi connectivity index (χ3v) is 24.0. The van der Waals surface area contributed by atoms with Crippen molar-refractivity contribution in [2.45, 2.75) is 199 Å². The molecule has 0 aromatic heterocycles. The van der Waals surface area contributed by atoms with Crippen molar-refractivity contribution in [3.63, 3.8) is 0 Å². The monoisotopic (exact) mass is 1310 g/mol. The Labute approximate surface area is 537 Å².